The van der Waals surface area contributed by atoms with E-state index in [1.165, 1.54) is 15.9 Å². The Morgan fingerprint density at radius 2 is 1.65 bits per heavy atom. The first-order valence-electron chi connectivity index (χ1n) is 10.8. The highest BCUT2D eigenvalue weighted by Gasteiger charge is 2.26. The number of nitrogens with zero attached hydrogens (tertiary/aromatic N) is 3. The first-order chi connectivity index (χ1) is 16.0. The van der Waals surface area contributed by atoms with E-state index in [1.807, 2.05) is 32.0 Å². The summed E-state index contributed by atoms with van der Waals surface area (Å²) in [6, 6.07) is 16.1. The van der Waals surface area contributed by atoms with E-state index in [1.54, 1.807) is 50.2 Å². The number of benzene rings is 3. The smallest absolute Gasteiger partial charge is 0.266 e. The molecule has 0 atom stereocenters. The zero-order valence-corrected chi connectivity index (χ0v) is 21.3. The topological polar surface area (TPSA) is 72.3 Å². The Balaban J connectivity index is 1.89. The molecular formula is C26H26ClN3O3S. The molecule has 0 radical (unpaired) electrons. The number of aryl methyl sites for hydroxylation is 4. The maximum absolute atomic E-state index is 13.6. The van der Waals surface area contributed by atoms with Gasteiger partial charge < -0.3 is 0 Å². The van der Waals surface area contributed by atoms with Gasteiger partial charge in [0.1, 0.15) is 5.82 Å². The summed E-state index contributed by atoms with van der Waals surface area (Å²) in [7, 11) is -2.38. The second-order valence-corrected chi connectivity index (χ2v) is 11.0. The van der Waals surface area contributed by atoms with E-state index in [2.05, 4.69) is 0 Å². The molecule has 4 rings (SSSR count). The average molecular weight is 496 g/mol. The second-order valence-electron chi connectivity index (χ2n) is 8.60. The molecule has 0 fully saturated rings. The van der Waals surface area contributed by atoms with Gasteiger partial charge in [0.2, 0.25) is 10.0 Å². The van der Waals surface area contributed by atoms with Crippen LogP contribution in [0, 0.1) is 27.7 Å². The molecule has 8 heteroatoms. The molecule has 6 nitrogen and oxygen atoms in total. The van der Waals surface area contributed by atoms with Crippen LogP contribution in [0.1, 0.15) is 28.1 Å². The fourth-order valence-corrected chi connectivity index (χ4v) is 5.70. The Morgan fingerprint density at radius 3 is 2.35 bits per heavy atom. The Labute approximate surface area is 204 Å². The summed E-state index contributed by atoms with van der Waals surface area (Å²) in [5, 5.41) is 0.986. The summed E-state index contributed by atoms with van der Waals surface area (Å²) in [6.07, 6.45) is 0. The lowest BCUT2D eigenvalue weighted by Gasteiger charge is -2.22. The zero-order chi connectivity index (χ0) is 24.8. The van der Waals surface area contributed by atoms with Gasteiger partial charge in [0.25, 0.3) is 5.56 Å². The van der Waals surface area contributed by atoms with E-state index in [-0.39, 0.29) is 17.0 Å². The van der Waals surface area contributed by atoms with Crippen molar-refractivity contribution in [1.29, 1.82) is 0 Å². The molecule has 3 aromatic carbocycles. The van der Waals surface area contributed by atoms with Crippen LogP contribution in [0.25, 0.3) is 16.6 Å². The molecule has 176 valence electrons. The third-order valence-corrected chi connectivity index (χ3v) is 8.30. The number of hydrogen-bond acceptors (Lipinski definition) is 4. The van der Waals surface area contributed by atoms with Crippen molar-refractivity contribution >= 4 is 32.5 Å². The van der Waals surface area contributed by atoms with Crippen LogP contribution in [-0.4, -0.2) is 29.3 Å². The van der Waals surface area contributed by atoms with Crippen molar-refractivity contribution in [2.24, 2.45) is 0 Å². The highest BCUT2D eigenvalue weighted by Crippen LogP contribution is 2.27. The summed E-state index contributed by atoms with van der Waals surface area (Å²) < 4.78 is 29.7. The number of fused-ring (bicyclic) bond motifs is 1. The number of rotatable bonds is 5. The van der Waals surface area contributed by atoms with E-state index in [0.717, 1.165) is 11.1 Å². The molecule has 0 aliphatic rings. The fourth-order valence-electron chi connectivity index (χ4n) is 4.07. The van der Waals surface area contributed by atoms with Crippen molar-refractivity contribution in [3.63, 3.8) is 0 Å². The Bertz CT molecular complexity index is 1590. The minimum atomic E-state index is -3.87. The Kier molecular flexibility index (Phi) is 6.38. The molecule has 0 spiro atoms. The summed E-state index contributed by atoms with van der Waals surface area (Å²) in [5.41, 5.74) is 4.15. The summed E-state index contributed by atoms with van der Waals surface area (Å²) in [6.45, 7) is 7.30. The molecule has 0 bridgehead atoms. The van der Waals surface area contributed by atoms with Gasteiger partial charge in [-0.05, 0) is 74.7 Å². The van der Waals surface area contributed by atoms with Crippen molar-refractivity contribution in [1.82, 2.24) is 13.9 Å². The molecule has 0 saturated heterocycles. The van der Waals surface area contributed by atoms with E-state index in [0.29, 0.717) is 38.6 Å². The molecule has 0 aliphatic heterocycles. The predicted octanol–water partition coefficient (Wildman–Crippen LogP) is 5.09. The predicted molar refractivity (Wildman–Crippen MR) is 136 cm³/mol. The van der Waals surface area contributed by atoms with Crippen molar-refractivity contribution in [2.45, 2.75) is 39.1 Å². The van der Waals surface area contributed by atoms with Crippen LogP contribution < -0.4 is 5.56 Å². The lowest BCUT2D eigenvalue weighted by molar-refractivity contribution is 0.451. The van der Waals surface area contributed by atoms with Crippen LogP contribution >= 0.6 is 11.6 Å². The molecule has 0 saturated carbocycles. The van der Waals surface area contributed by atoms with Crippen LogP contribution in [0.2, 0.25) is 5.02 Å². The summed E-state index contributed by atoms with van der Waals surface area (Å²) in [4.78, 5) is 18.5. The van der Waals surface area contributed by atoms with Gasteiger partial charge in [-0.25, -0.2) is 13.4 Å². The SMILES string of the molecule is Cc1ccc(-n2c(CN(C)S(=O)(=O)c3cc(C)c(Cl)cc3C)nc3ccccc3c2=O)c(C)c1. The maximum atomic E-state index is 13.6. The molecule has 0 aliphatic carbocycles. The number of para-hydroxylation sites is 1. The number of aromatic nitrogens is 2. The van der Waals surface area contributed by atoms with Gasteiger partial charge in [0.15, 0.2) is 0 Å². The van der Waals surface area contributed by atoms with E-state index >= 15 is 0 Å². The highest BCUT2D eigenvalue weighted by molar-refractivity contribution is 7.89. The minimum Gasteiger partial charge on any atom is -0.268 e. The van der Waals surface area contributed by atoms with Crippen LogP contribution in [-0.2, 0) is 16.6 Å². The third kappa shape index (κ3) is 4.27. The lowest BCUT2D eigenvalue weighted by Crippen LogP contribution is -2.32. The summed E-state index contributed by atoms with van der Waals surface area (Å²) in [5.74, 6) is 0.338. The molecule has 0 N–H and O–H groups in total. The molecule has 0 unspecified atom stereocenters. The largest absolute Gasteiger partial charge is 0.268 e. The van der Waals surface area contributed by atoms with E-state index in [4.69, 9.17) is 16.6 Å². The van der Waals surface area contributed by atoms with Crippen LogP contribution in [0.3, 0.4) is 0 Å². The lowest BCUT2D eigenvalue weighted by atomic mass is 10.1. The molecule has 0 amide bonds. The number of hydrogen-bond donors (Lipinski definition) is 0. The van der Waals surface area contributed by atoms with Gasteiger partial charge in [-0.3, -0.25) is 9.36 Å². The van der Waals surface area contributed by atoms with Crippen molar-refractivity contribution in [2.75, 3.05) is 7.05 Å². The minimum absolute atomic E-state index is 0.0865. The van der Waals surface area contributed by atoms with Gasteiger partial charge in [-0.15, -0.1) is 0 Å². The normalized spacial score (nSPS) is 12.0. The Hall–Kier alpha value is -3.00. The van der Waals surface area contributed by atoms with Gasteiger partial charge in [-0.2, -0.15) is 4.31 Å². The quantitative estimate of drug-likeness (QED) is 0.386. The van der Waals surface area contributed by atoms with Gasteiger partial charge in [0.05, 0.1) is 28.0 Å². The maximum Gasteiger partial charge on any atom is 0.266 e. The molecule has 1 heterocycles. The van der Waals surface area contributed by atoms with Crippen molar-refractivity contribution in [3.8, 4) is 5.69 Å². The standard InChI is InChI=1S/C26H26ClN3O3S/c1-16-10-11-23(18(3)12-16)30-25(28-22-9-7-6-8-20(22)26(30)31)15-29(5)34(32,33)24-14-17(2)21(27)13-19(24)4/h6-14H,15H2,1-5H3. The second kappa shape index (κ2) is 8.98. The number of sulfonamides is 1. The average Bonchev–Trinajstić information content (AvgIpc) is 2.77. The summed E-state index contributed by atoms with van der Waals surface area (Å²) >= 11 is 6.18. The van der Waals surface area contributed by atoms with Crippen LogP contribution in [0.4, 0.5) is 0 Å². The van der Waals surface area contributed by atoms with Crippen molar-refractivity contribution in [3.05, 3.63) is 98.1 Å². The Morgan fingerprint density at radius 1 is 0.941 bits per heavy atom. The van der Waals surface area contributed by atoms with Gasteiger partial charge in [0, 0.05) is 12.1 Å². The van der Waals surface area contributed by atoms with Crippen LogP contribution in [0.15, 0.2) is 64.3 Å². The van der Waals surface area contributed by atoms with Crippen LogP contribution in [0.5, 0.6) is 0 Å². The molecule has 34 heavy (non-hydrogen) atoms. The van der Waals surface area contributed by atoms with E-state index in [9.17, 15) is 13.2 Å². The first kappa shape index (κ1) is 24.1. The molecule has 4 aromatic rings. The van der Waals surface area contributed by atoms with E-state index < -0.39 is 10.0 Å². The number of halogens is 1. The van der Waals surface area contributed by atoms with Crippen molar-refractivity contribution < 1.29 is 8.42 Å². The third-order valence-electron chi connectivity index (χ3n) is 5.95. The fraction of sp³-hybridized carbons (Fsp3) is 0.231. The zero-order valence-electron chi connectivity index (χ0n) is 19.8. The highest BCUT2D eigenvalue weighted by atomic mass is 35.5. The molecular weight excluding hydrogens is 470 g/mol. The molecule has 1 aromatic heterocycles. The van der Waals surface area contributed by atoms with Gasteiger partial charge in [-0.1, -0.05) is 41.4 Å². The monoisotopic (exact) mass is 495 g/mol. The van der Waals surface area contributed by atoms with Gasteiger partial charge >= 0.3 is 0 Å². The first-order valence-corrected chi connectivity index (χ1v) is 12.6.